The molecule has 0 unspecified atom stereocenters. The van der Waals surface area contributed by atoms with E-state index in [9.17, 15) is 15.2 Å². The molecule has 0 aliphatic heterocycles. The Balaban J connectivity index is 2.06. The fourth-order valence-corrected chi connectivity index (χ4v) is 3.00. The topological polar surface area (TPSA) is 75.4 Å². The molecule has 1 fully saturated rings. The Morgan fingerprint density at radius 2 is 1.95 bits per heavy atom. The first-order valence-corrected chi connectivity index (χ1v) is 7.90. The summed E-state index contributed by atoms with van der Waals surface area (Å²) in [5.41, 5.74) is -0.0507. The van der Waals surface area contributed by atoms with Gasteiger partial charge in [-0.3, -0.25) is 10.1 Å². The molecule has 0 amide bonds. The third-order valence-corrected chi connectivity index (χ3v) is 4.79. The zero-order chi connectivity index (χ0) is 15.7. The minimum atomic E-state index is -0.786. The summed E-state index contributed by atoms with van der Waals surface area (Å²) in [6.07, 6.45) is 3.36. The summed E-state index contributed by atoms with van der Waals surface area (Å²) in [6.45, 7) is 4.75. The Bertz CT molecular complexity index is 536. The van der Waals surface area contributed by atoms with Gasteiger partial charge in [-0.2, -0.15) is 0 Å². The molecule has 0 atom stereocenters. The number of nitro groups is 1. The molecule has 1 saturated carbocycles. The zero-order valence-corrected chi connectivity index (χ0v) is 13.9. The molecule has 1 aliphatic carbocycles. The summed E-state index contributed by atoms with van der Waals surface area (Å²) >= 11 is 3.31. The van der Waals surface area contributed by atoms with E-state index in [2.05, 4.69) is 35.1 Å². The highest BCUT2D eigenvalue weighted by molar-refractivity contribution is 9.10. The van der Waals surface area contributed by atoms with Crippen LogP contribution in [0, 0.1) is 15.5 Å². The first-order chi connectivity index (χ1) is 9.71. The molecule has 6 heteroatoms. The molecular formula is C15H21BrN2O3. The normalized spacial score (nSPS) is 20.0. The predicted molar refractivity (Wildman–Crippen MR) is 86.5 cm³/mol. The summed E-state index contributed by atoms with van der Waals surface area (Å²) < 4.78 is 0.771. The van der Waals surface area contributed by atoms with Crippen molar-refractivity contribution in [3.05, 3.63) is 32.8 Å². The lowest BCUT2D eigenvalue weighted by molar-refractivity contribution is -0.384. The fourth-order valence-electron chi connectivity index (χ4n) is 2.64. The number of hydrogen-bond acceptors (Lipinski definition) is 4. The van der Waals surface area contributed by atoms with Gasteiger partial charge in [0.15, 0.2) is 0 Å². The Labute approximate surface area is 133 Å². The molecule has 0 aromatic heterocycles. The van der Waals surface area contributed by atoms with Crippen LogP contribution in [0.1, 0.15) is 39.5 Å². The molecule has 1 aromatic rings. The van der Waals surface area contributed by atoms with Crippen molar-refractivity contribution in [1.29, 1.82) is 0 Å². The molecule has 0 heterocycles. The second-order valence-corrected chi connectivity index (χ2v) is 7.58. The van der Waals surface area contributed by atoms with Gasteiger partial charge < -0.3 is 10.4 Å². The number of halogens is 1. The van der Waals surface area contributed by atoms with E-state index in [0.717, 1.165) is 30.2 Å². The first-order valence-electron chi connectivity index (χ1n) is 7.11. The molecule has 0 radical (unpaired) electrons. The van der Waals surface area contributed by atoms with E-state index in [1.54, 1.807) is 12.1 Å². The van der Waals surface area contributed by atoms with Crippen LogP contribution in [-0.2, 0) is 0 Å². The highest BCUT2D eigenvalue weighted by Gasteiger charge is 2.36. The predicted octanol–water partition coefficient (Wildman–Crippen LogP) is 4.10. The SMILES string of the molecule is CC1(C)CCC(O)(CNc2cc(Br)ccc2[N+](=O)[O-])CC1. The van der Waals surface area contributed by atoms with Crippen molar-refractivity contribution < 1.29 is 10.0 Å². The van der Waals surface area contributed by atoms with E-state index in [4.69, 9.17) is 0 Å². The summed E-state index contributed by atoms with van der Waals surface area (Å²) in [4.78, 5) is 10.6. The number of nitrogens with zero attached hydrogens (tertiary/aromatic N) is 1. The van der Waals surface area contributed by atoms with Crippen LogP contribution in [-0.4, -0.2) is 22.2 Å². The average molecular weight is 357 g/mol. The van der Waals surface area contributed by atoms with Crippen LogP contribution in [0.3, 0.4) is 0 Å². The Morgan fingerprint density at radius 3 is 2.52 bits per heavy atom. The van der Waals surface area contributed by atoms with Crippen molar-refractivity contribution in [2.24, 2.45) is 5.41 Å². The van der Waals surface area contributed by atoms with Crippen LogP contribution in [0.15, 0.2) is 22.7 Å². The van der Waals surface area contributed by atoms with E-state index in [0.29, 0.717) is 12.2 Å². The second kappa shape index (κ2) is 5.93. The molecular weight excluding hydrogens is 336 g/mol. The van der Waals surface area contributed by atoms with Crippen molar-refractivity contribution in [2.75, 3.05) is 11.9 Å². The maximum atomic E-state index is 11.0. The van der Waals surface area contributed by atoms with Crippen LogP contribution < -0.4 is 5.32 Å². The van der Waals surface area contributed by atoms with E-state index in [1.807, 2.05) is 0 Å². The Hall–Kier alpha value is -1.14. The lowest BCUT2D eigenvalue weighted by Crippen LogP contribution is -2.42. The molecule has 116 valence electrons. The van der Waals surface area contributed by atoms with Gasteiger partial charge in [-0.15, -0.1) is 0 Å². The molecule has 5 nitrogen and oxygen atoms in total. The largest absolute Gasteiger partial charge is 0.388 e. The Kier molecular flexibility index (Phi) is 4.58. The van der Waals surface area contributed by atoms with E-state index < -0.39 is 10.5 Å². The van der Waals surface area contributed by atoms with Crippen molar-refractivity contribution in [1.82, 2.24) is 0 Å². The van der Waals surface area contributed by atoms with Crippen LogP contribution in [0.2, 0.25) is 0 Å². The monoisotopic (exact) mass is 356 g/mol. The van der Waals surface area contributed by atoms with Crippen LogP contribution in [0.25, 0.3) is 0 Å². The molecule has 21 heavy (non-hydrogen) atoms. The van der Waals surface area contributed by atoms with Crippen LogP contribution >= 0.6 is 15.9 Å². The van der Waals surface area contributed by atoms with Gasteiger partial charge >= 0.3 is 0 Å². The maximum Gasteiger partial charge on any atom is 0.292 e. The molecule has 1 aliphatic rings. The first kappa shape index (κ1) is 16.2. The van der Waals surface area contributed by atoms with Gasteiger partial charge in [-0.25, -0.2) is 0 Å². The smallest absolute Gasteiger partial charge is 0.292 e. The Morgan fingerprint density at radius 1 is 1.33 bits per heavy atom. The second-order valence-electron chi connectivity index (χ2n) is 6.66. The third-order valence-electron chi connectivity index (χ3n) is 4.30. The number of anilines is 1. The standard InChI is InChI=1S/C15H21BrN2O3/c1-14(2)5-7-15(19,8-6-14)10-17-12-9-11(16)3-4-13(12)18(20)21/h3-4,9,17,19H,5-8,10H2,1-2H3. The molecule has 2 N–H and O–H groups in total. The van der Waals surface area contributed by atoms with Gasteiger partial charge in [-0.1, -0.05) is 29.8 Å². The van der Waals surface area contributed by atoms with E-state index >= 15 is 0 Å². The summed E-state index contributed by atoms with van der Waals surface area (Å²) in [7, 11) is 0. The number of nitrogens with one attached hydrogen (secondary N) is 1. The van der Waals surface area contributed by atoms with Gasteiger partial charge in [0.25, 0.3) is 5.69 Å². The summed E-state index contributed by atoms with van der Waals surface area (Å²) in [5, 5.41) is 24.7. The van der Waals surface area contributed by atoms with Gasteiger partial charge in [0.1, 0.15) is 5.69 Å². The number of benzene rings is 1. The minimum absolute atomic E-state index is 0.0259. The highest BCUT2D eigenvalue weighted by Crippen LogP contribution is 2.40. The lowest BCUT2D eigenvalue weighted by Gasteiger charge is -2.40. The third kappa shape index (κ3) is 4.17. The minimum Gasteiger partial charge on any atom is -0.388 e. The molecule has 0 bridgehead atoms. The van der Waals surface area contributed by atoms with Gasteiger partial charge in [0.2, 0.25) is 0 Å². The van der Waals surface area contributed by atoms with Gasteiger partial charge in [0, 0.05) is 17.1 Å². The zero-order valence-electron chi connectivity index (χ0n) is 12.4. The molecule has 0 saturated heterocycles. The molecule has 0 spiro atoms. The van der Waals surface area contributed by atoms with Crippen molar-refractivity contribution in [2.45, 2.75) is 45.1 Å². The number of nitro benzene ring substituents is 1. The number of aliphatic hydroxyl groups is 1. The highest BCUT2D eigenvalue weighted by atomic mass is 79.9. The molecule has 1 aromatic carbocycles. The summed E-state index contributed by atoms with van der Waals surface area (Å²) in [5.74, 6) is 0. The van der Waals surface area contributed by atoms with Gasteiger partial charge in [0.05, 0.1) is 10.5 Å². The summed E-state index contributed by atoms with van der Waals surface area (Å²) in [6, 6.07) is 4.77. The van der Waals surface area contributed by atoms with Gasteiger partial charge in [-0.05, 0) is 43.2 Å². The quantitative estimate of drug-likeness (QED) is 0.628. The van der Waals surface area contributed by atoms with Crippen molar-refractivity contribution in [3.63, 3.8) is 0 Å². The maximum absolute atomic E-state index is 11.0. The van der Waals surface area contributed by atoms with Crippen LogP contribution in [0.4, 0.5) is 11.4 Å². The fraction of sp³-hybridized carbons (Fsp3) is 0.600. The lowest BCUT2D eigenvalue weighted by atomic mass is 9.71. The number of rotatable bonds is 4. The van der Waals surface area contributed by atoms with E-state index in [1.165, 1.54) is 6.07 Å². The average Bonchev–Trinajstić information content (AvgIpc) is 2.40. The van der Waals surface area contributed by atoms with Crippen LogP contribution in [0.5, 0.6) is 0 Å². The van der Waals surface area contributed by atoms with Crippen molar-refractivity contribution in [3.8, 4) is 0 Å². The van der Waals surface area contributed by atoms with E-state index in [-0.39, 0.29) is 11.1 Å². The molecule has 2 rings (SSSR count). The number of hydrogen-bond donors (Lipinski definition) is 2. The van der Waals surface area contributed by atoms with Crippen molar-refractivity contribution >= 4 is 27.3 Å².